The fourth-order valence-corrected chi connectivity index (χ4v) is 6.56. The summed E-state index contributed by atoms with van der Waals surface area (Å²) in [6.07, 6.45) is 3.38. The van der Waals surface area contributed by atoms with Crippen LogP contribution in [0.4, 0.5) is 21.2 Å². The van der Waals surface area contributed by atoms with Gasteiger partial charge in [-0.25, -0.2) is 29.3 Å². The summed E-state index contributed by atoms with van der Waals surface area (Å²) in [5.41, 5.74) is 2.33. The van der Waals surface area contributed by atoms with E-state index in [9.17, 15) is 14.4 Å². The molecule has 1 aliphatic carbocycles. The van der Waals surface area contributed by atoms with Crippen molar-refractivity contribution in [2.75, 3.05) is 29.5 Å². The van der Waals surface area contributed by atoms with E-state index < -0.39 is 29.4 Å². The average molecular weight is 678 g/mol. The minimum atomic E-state index is -1.01. The Hall–Kier alpha value is -4.25. The Balaban J connectivity index is 1.51. The van der Waals surface area contributed by atoms with Crippen LogP contribution in [0.25, 0.3) is 11.3 Å². The summed E-state index contributed by atoms with van der Waals surface area (Å²) >= 11 is 6.92. The number of nitrogens with zero attached hydrogens (tertiary/aromatic N) is 5. The quantitative estimate of drug-likeness (QED) is 0.196. The molecule has 0 saturated carbocycles. The normalized spacial score (nSPS) is 15.6. The summed E-state index contributed by atoms with van der Waals surface area (Å²) in [5, 5.41) is -0.0742. The molecule has 1 spiro atoms. The van der Waals surface area contributed by atoms with Crippen molar-refractivity contribution in [1.82, 2.24) is 15.0 Å². The predicted molar refractivity (Wildman–Crippen MR) is 184 cm³/mol. The molecule has 12 heteroatoms. The number of anilines is 2. The first kappa shape index (κ1) is 35.1. The molecule has 2 aromatic heterocycles. The van der Waals surface area contributed by atoms with Crippen LogP contribution in [-0.2, 0) is 27.1 Å². The molecule has 1 saturated heterocycles. The SMILES string of the molecule is CCOC(=O)c1nc(-c2ccnc(N(C(=O)OC(C)(C)C)C(=O)OC(C)(C)C)c2Cl)c(C)nc1N1CCC2(CC1)Cc1ccccc1C2. The van der Waals surface area contributed by atoms with Gasteiger partial charge in [-0.3, -0.25) is 0 Å². The van der Waals surface area contributed by atoms with Gasteiger partial charge in [-0.05, 0) is 104 Å². The lowest BCUT2D eigenvalue weighted by molar-refractivity contribution is 0.0427. The molecule has 0 radical (unpaired) electrons. The fraction of sp³-hybridized carbons (Fsp3) is 0.500. The minimum absolute atomic E-state index is 0.0636. The van der Waals surface area contributed by atoms with E-state index in [1.165, 1.54) is 17.3 Å². The van der Waals surface area contributed by atoms with Gasteiger partial charge in [0.2, 0.25) is 0 Å². The molecule has 0 unspecified atom stereocenters. The number of imide groups is 1. The first-order chi connectivity index (χ1) is 22.5. The maximum absolute atomic E-state index is 13.4. The molecular weight excluding hydrogens is 634 g/mol. The van der Waals surface area contributed by atoms with Crippen LogP contribution in [0.3, 0.4) is 0 Å². The third-order valence-electron chi connectivity index (χ3n) is 8.38. The van der Waals surface area contributed by atoms with Crippen LogP contribution in [0.2, 0.25) is 5.02 Å². The monoisotopic (exact) mass is 677 g/mol. The number of aromatic nitrogens is 3. The largest absolute Gasteiger partial charge is 0.461 e. The van der Waals surface area contributed by atoms with E-state index in [-0.39, 0.29) is 34.3 Å². The lowest BCUT2D eigenvalue weighted by atomic mass is 9.76. The van der Waals surface area contributed by atoms with Gasteiger partial charge in [-0.2, -0.15) is 4.90 Å². The standard InChI is InChI=1S/C36H44ClN5O6/c1-9-46-31(43)28-30(41-18-15-36(16-19-41)20-23-12-10-11-13-24(23)21-36)39-22(2)27(40-28)25-14-17-38-29(26(25)37)42(32(44)47-34(3,4)5)33(45)48-35(6,7)8/h10-14,17H,9,15-16,18-21H2,1-8H3. The number of fused-ring (bicyclic) bond motifs is 1. The third kappa shape index (κ3) is 7.56. The number of halogens is 1. The lowest BCUT2D eigenvalue weighted by Crippen LogP contribution is -2.44. The zero-order chi connectivity index (χ0) is 35.0. The van der Waals surface area contributed by atoms with Gasteiger partial charge in [-0.1, -0.05) is 35.9 Å². The topological polar surface area (TPSA) is 124 Å². The number of aryl methyl sites for hydroxylation is 1. The molecule has 1 fully saturated rings. The van der Waals surface area contributed by atoms with Gasteiger partial charge in [0.25, 0.3) is 0 Å². The number of rotatable bonds is 5. The van der Waals surface area contributed by atoms with Gasteiger partial charge < -0.3 is 19.1 Å². The molecule has 1 aliphatic heterocycles. The smallest absolute Gasteiger partial charge is 0.425 e. The number of piperidine rings is 1. The summed E-state index contributed by atoms with van der Waals surface area (Å²) in [4.78, 5) is 56.8. The van der Waals surface area contributed by atoms with E-state index >= 15 is 0 Å². The molecule has 48 heavy (non-hydrogen) atoms. The van der Waals surface area contributed by atoms with E-state index in [1.54, 1.807) is 61.5 Å². The highest BCUT2D eigenvalue weighted by Crippen LogP contribution is 2.45. The Morgan fingerprint density at radius 2 is 1.48 bits per heavy atom. The molecule has 2 aliphatic rings. The van der Waals surface area contributed by atoms with Gasteiger partial charge in [0.15, 0.2) is 17.3 Å². The maximum Gasteiger partial charge on any atom is 0.425 e. The van der Waals surface area contributed by atoms with Crippen LogP contribution in [0, 0.1) is 12.3 Å². The zero-order valence-corrected chi connectivity index (χ0v) is 29.7. The first-order valence-corrected chi connectivity index (χ1v) is 16.7. The molecular formula is C36H44ClN5O6. The second-order valence-electron chi connectivity index (χ2n) is 14.5. The second kappa shape index (κ2) is 13.3. The molecule has 11 nitrogen and oxygen atoms in total. The number of esters is 1. The molecule has 3 aromatic rings. The minimum Gasteiger partial charge on any atom is -0.461 e. The Morgan fingerprint density at radius 3 is 2.00 bits per heavy atom. The molecule has 1 aromatic carbocycles. The zero-order valence-electron chi connectivity index (χ0n) is 29.0. The van der Waals surface area contributed by atoms with Crippen LogP contribution in [0.15, 0.2) is 36.5 Å². The molecule has 256 valence electrons. The van der Waals surface area contributed by atoms with Crippen LogP contribution >= 0.6 is 11.6 Å². The summed E-state index contributed by atoms with van der Waals surface area (Å²) in [6, 6.07) is 10.2. The van der Waals surface area contributed by atoms with Crippen molar-refractivity contribution < 1.29 is 28.6 Å². The lowest BCUT2D eigenvalue weighted by Gasteiger charge is -2.40. The van der Waals surface area contributed by atoms with Crippen molar-refractivity contribution in [2.45, 2.75) is 92.3 Å². The van der Waals surface area contributed by atoms with Crippen molar-refractivity contribution in [3.05, 3.63) is 64.1 Å². The van der Waals surface area contributed by atoms with Crippen molar-refractivity contribution in [3.8, 4) is 11.3 Å². The highest BCUT2D eigenvalue weighted by Gasteiger charge is 2.41. The van der Waals surface area contributed by atoms with Gasteiger partial charge in [-0.15, -0.1) is 0 Å². The van der Waals surface area contributed by atoms with E-state index in [0.717, 1.165) is 38.8 Å². The Bertz CT molecular complexity index is 1670. The number of ether oxygens (including phenoxy) is 3. The van der Waals surface area contributed by atoms with Gasteiger partial charge in [0, 0.05) is 24.8 Å². The van der Waals surface area contributed by atoms with Crippen molar-refractivity contribution in [2.24, 2.45) is 5.41 Å². The molecule has 3 heterocycles. The van der Waals surface area contributed by atoms with E-state index in [1.807, 2.05) is 0 Å². The number of pyridine rings is 1. The fourth-order valence-electron chi connectivity index (χ4n) is 6.27. The van der Waals surface area contributed by atoms with Gasteiger partial charge in [0.05, 0.1) is 23.0 Å². The van der Waals surface area contributed by atoms with Crippen molar-refractivity contribution >= 4 is 41.4 Å². The Labute approximate surface area is 287 Å². The summed E-state index contributed by atoms with van der Waals surface area (Å²) in [5.74, 6) is -0.363. The Kier molecular flexibility index (Phi) is 9.74. The molecule has 2 amide bonds. The van der Waals surface area contributed by atoms with E-state index in [2.05, 4.69) is 34.1 Å². The van der Waals surface area contributed by atoms with Crippen molar-refractivity contribution in [3.63, 3.8) is 0 Å². The second-order valence-corrected chi connectivity index (χ2v) is 14.8. The number of carbonyl (C=O) groups is 3. The number of hydrogen-bond acceptors (Lipinski definition) is 10. The number of benzene rings is 1. The molecule has 5 rings (SSSR count). The molecule has 0 N–H and O–H groups in total. The Morgan fingerprint density at radius 1 is 0.917 bits per heavy atom. The van der Waals surface area contributed by atoms with Gasteiger partial charge >= 0.3 is 18.2 Å². The number of amides is 2. The van der Waals surface area contributed by atoms with Gasteiger partial charge in [0.1, 0.15) is 11.2 Å². The van der Waals surface area contributed by atoms with Crippen LogP contribution < -0.4 is 9.80 Å². The van der Waals surface area contributed by atoms with Crippen LogP contribution in [0.5, 0.6) is 0 Å². The number of carbonyl (C=O) groups excluding carboxylic acids is 3. The first-order valence-electron chi connectivity index (χ1n) is 16.3. The summed E-state index contributed by atoms with van der Waals surface area (Å²) < 4.78 is 16.5. The average Bonchev–Trinajstić information content (AvgIpc) is 3.34. The summed E-state index contributed by atoms with van der Waals surface area (Å²) in [6.45, 7) is 15.2. The highest BCUT2D eigenvalue weighted by atomic mass is 35.5. The third-order valence-corrected chi connectivity index (χ3v) is 8.76. The molecule has 0 bridgehead atoms. The van der Waals surface area contributed by atoms with Crippen LogP contribution in [0.1, 0.15) is 88.6 Å². The maximum atomic E-state index is 13.4. The predicted octanol–water partition coefficient (Wildman–Crippen LogP) is 7.74. The highest BCUT2D eigenvalue weighted by molar-refractivity contribution is 6.37. The van der Waals surface area contributed by atoms with E-state index in [4.69, 9.17) is 35.8 Å². The number of hydrogen-bond donors (Lipinski definition) is 0. The van der Waals surface area contributed by atoms with Crippen LogP contribution in [-0.4, -0.2) is 64.0 Å². The molecule has 0 atom stereocenters. The van der Waals surface area contributed by atoms with E-state index in [0.29, 0.717) is 22.0 Å². The van der Waals surface area contributed by atoms with Crippen molar-refractivity contribution in [1.29, 1.82) is 0 Å². The summed E-state index contributed by atoms with van der Waals surface area (Å²) in [7, 11) is 0.